The lowest BCUT2D eigenvalue weighted by Crippen LogP contribution is -2.49. The maximum absolute atomic E-state index is 12.4. The van der Waals surface area contributed by atoms with Crippen molar-refractivity contribution >= 4 is 5.91 Å². The van der Waals surface area contributed by atoms with Crippen molar-refractivity contribution in [3.63, 3.8) is 0 Å². The molecule has 116 valence electrons. The Hall–Kier alpha value is -0.610. The van der Waals surface area contributed by atoms with Gasteiger partial charge in [0.25, 0.3) is 0 Å². The van der Waals surface area contributed by atoms with Crippen molar-refractivity contribution in [2.45, 2.75) is 71.6 Å². The molecule has 0 spiro atoms. The van der Waals surface area contributed by atoms with Crippen molar-refractivity contribution in [2.75, 3.05) is 13.2 Å². The normalized spacial score (nSPS) is 35.6. The topological polar surface area (TPSA) is 50.4 Å². The van der Waals surface area contributed by atoms with Crippen molar-refractivity contribution in [1.82, 2.24) is 10.6 Å². The third kappa shape index (κ3) is 4.19. The Morgan fingerprint density at radius 1 is 1.25 bits per heavy atom. The van der Waals surface area contributed by atoms with Crippen LogP contribution in [0.25, 0.3) is 0 Å². The summed E-state index contributed by atoms with van der Waals surface area (Å²) >= 11 is 0. The van der Waals surface area contributed by atoms with E-state index in [4.69, 9.17) is 4.74 Å². The molecule has 2 heterocycles. The molecule has 2 rings (SSSR count). The van der Waals surface area contributed by atoms with Crippen LogP contribution in [0.15, 0.2) is 0 Å². The van der Waals surface area contributed by atoms with Gasteiger partial charge < -0.3 is 15.4 Å². The molecule has 2 fully saturated rings. The fraction of sp³-hybridized carbons (Fsp3) is 0.938. The smallest absolute Gasteiger partial charge is 0.223 e. The number of carbonyl (C=O) groups excluding carboxylic acids is 1. The summed E-state index contributed by atoms with van der Waals surface area (Å²) in [6.07, 6.45) is 4.04. The maximum Gasteiger partial charge on any atom is 0.223 e. The molecule has 0 aromatic carbocycles. The first-order valence-electron chi connectivity index (χ1n) is 8.01. The Labute approximate surface area is 123 Å². The Kier molecular flexibility index (Phi) is 5.08. The van der Waals surface area contributed by atoms with Crippen LogP contribution < -0.4 is 10.6 Å². The first-order chi connectivity index (χ1) is 9.36. The minimum absolute atomic E-state index is 0.146. The van der Waals surface area contributed by atoms with Gasteiger partial charge in [0.15, 0.2) is 0 Å². The molecule has 2 saturated heterocycles. The summed E-state index contributed by atoms with van der Waals surface area (Å²) in [4.78, 5) is 12.4. The van der Waals surface area contributed by atoms with E-state index in [0.717, 1.165) is 38.8 Å². The number of piperidine rings is 1. The number of hydrogen-bond donors (Lipinski definition) is 2. The Bertz CT molecular complexity index is 338. The molecule has 0 aliphatic carbocycles. The quantitative estimate of drug-likeness (QED) is 0.815. The van der Waals surface area contributed by atoms with E-state index >= 15 is 0 Å². The average molecular weight is 282 g/mol. The van der Waals surface area contributed by atoms with Crippen LogP contribution in [0.3, 0.4) is 0 Å². The van der Waals surface area contributed by atoms with E-state index < -0.39 is 0 Å². The van der Waals surface area contributed by atoms with Gasteiger partial charge in [-0.2, -0.15) is 0 Å². The van der Waals surface area contributed by atoms with Crippen LogP contribution in [0, 0.1) is 11.3 Å². The van der Waals surface area contributed by atoms with Crippen LogP contribution in [-0.4, -0.2) is 37.2 Å². The summed E-state index contributed by atoms with van der Waals surface area (Å²) in [6, 6.07) is 0.738. The molecule has 4 heteroatoms. The summed E-state index contributed by atoms with van der Waals surface area (Å²) in [6.45, 7) is 10.5. The van der Waals surface area contributed by atoms with Crippen molar-refractivity contribution in [3.05, 3.63) is 0 Å². The molecule has 0 bridgehead atoms. The number of ether oxygens (including phenoxy) is 1. The van der Waals surface area contributed by atoms with Gasteiger partial charge in [-0.15, -0.1) is 0 Å². The Morgan fingerprint density at radius 3 is 2.65 bits per heavy atom. The van der Waals surface area contributed by atoms with E-state index in [-0.39, 0.29) is 29.4 Å². The molecule has 0 aromatic rings. The Balaban J connectivity index is 1.84. The van der Waals surface area contributed by atoms with E-state index in [1.165, 1.54) is 0 Å². The molecule has 0 radical (unpaired) electrons. The number of nitrogens with one attached hydrogen (secondary N) is 2. The van der Waals surface area contributed by atoms with Crippen LogP contribution in [0.5, 0.6) is 0 Å². The summed E-state index contributed by atoms with van der Waals surface area (Å²) in [7, 11) is 0. The van der Waals surface area contributed by atoms with Crippen LogP contribution >= 0.6 is 0 Å². The Morgan fingerprint density at radius 2 is 2.00 bits per heavy atom. The first-order valence-corrected chi connectivity index (χ1v) is 8.01. The first kappa shape index (κ1) is 15.8. The second kappa shape index (κ2) is 6.44. The molecule has 20 heavy (non-hydrogen) atoms. The van der Waals surface area contributed by atoms with Gasteiger partial charge in [0.2, 0.25) is 5.91 Å². The van der Waals surface area contributed by atoms with Crippen LogP contribution in [0.1, 0.15) is 53.4 Å². The number of rotatable bonds is 2. The minimum Gasteiger partial charge on any atom is -0.378 e. The standard InChI is InChI=1S/C16H30N2O2/c1-11-9-12(5-7-17-11)15(19)18-13-6-8-20-14(10-13)16(2,3)4/h11-14,17H,5-10H2,1-4H3,(H,18,19)/t11-,12-,13?,14?/m0/s1. The third-order valence-corrected chi connectivity index (χ3v) is 4.59. The van der Waals surface area contributed by atoms with Crippen LogP contribution in [0.2, 0.25) is 0 Å². The number of amides is 1. The molecular weight excluding hydrogens is 252 g/mol. The zero-order chi connectivity index (χ0) is 14.8. The molecular formula is C16H30N2O2. The van der Waals surface area contributed by atoms with Gasteiger partial charge in [-0.3, -0.25) is 4.79 Å². The van der Waals surface area contributed by atoms with Crippen LogP contribution in [0.4, 0.5) is 0 Å². The summed E-state index contributed by atoms with van der Waals surface area (Å²) < 4.78 is 5.86. The molecule has 0 saturated carbocycles. The van der Waals surface area contributed by atoms with Crippen molar-refractivity contribution in [2.24, 2.45) is 11.3 Å². The van der Waals surface area contributed by atoms with Crippen LogP contribution in [-0.2, 0) is 9.53 Å². The van der Waals surface area contributed by atoms with E-state index in [0.29, 0.717) is 6.04 Å². The molecule has 1 amide bonds. The largest absolute Gasteiger partial charge is 0.378 e. The molecule has 2 aliphatic rings. The number of hydrogen-bond acceptors (Lipinski definition) is 3. The summed E-state index contributed by atoms with van der Waals surface area (Å²) in [5.41, 5.74) is 0.146. The zero-order valence-electron chi connectivity index (χ0n) is 13.4. The lowest BCUT2D eigenvalue weighted by molar-refractivity contribution is -0.128. The van der Waals surface area contributed by atoms with Gasteiger partial charge in [-0.05, 0) is 44.6 Å². The van der Waals surface area contributed by atoms with Crippen molar-refractivity contribution in [3.8, 4) is 0 Å². The van der Waals surface area contributed by atoms with Crippen molar-refractivity contribution < 1.29 is 9.53 Å². The van der Waals surface area contributed by atoms with E-state index in [9.17, 15) is 4.79 Å². The molecule has 2 unspecified atom stereocenters. The van der Waals surface area contributed by atoms with Gasteiger partial charge in [0.05, 0.1) is 6.10 Å². The second-order valence-electron chi connectivity index (χ2n) is 7.53. The summed E-state index contributed by atoms with van der Waals surface area (Å²) in [5, 5.41) is 6.66. The second-order valence-corrected chi connectivity index (χ2v) is 7.53. The van der Waals surface area contributed by atoms with Gasteiger partial charge >= 0.3 is 0 Å². The monoisotopic (exact) mass is 282 g/mol. The highest BCUT2D eigenvalue weighted by Gasteiger charge is 2.33. The highest BCUT2D eigenvalue weighted by Crippen LogP contribution is 2.30. The fourth-order valence-corrected chi connectivity index (χ4v) is 3.22. The highest BCUT2D eigenvalue weighted by atomic mass is 16.5. The third-order valence-electron chi connectivity index (χ3n) is 4.59. The molecule has 0 aromatic heterocycles. The van der Waals surface area contributed by atoms with E-state index in [2.05, 4.69) is 38.3 Å². The predicted octanol–water partition coefficient (Wildman–Crippen LogP) is 2.08. The van der Waals surface area contributed by atoms with Gasteiger partial charge in [0.1, 0.15) is 0 Å². The van der Waals surface area contributed by atoms with E-state index in [1.54, 1.807) is 0 Å². The predicted molar refractivity (Wildman–Crippen MR) is 80.5 cm³/mol. The molecule has 2 aliphatic heterocycles. The SMILES string of the molecule is C[C@H]1C[C@@H](C(=O)NC2CCOC(C(C)(C)C)C2)CCN1. The number of carbonyl (C=O) groups is 1. The fourth-order valence-electron chi connectivity index (χ4n) is 3.22. The molecule has 4 nitrogen and oxygen atoms in total. The van der Waals surface area contributed by atoms with Gasteiger partial charge in [0, 0.05) is 24.6 Å². The lowest BCUT2D eigenvalue weighted by atomic mass is 9.83. The maximum atomic E-state index is 12.4. The van der Waals surface area contributed by atoms with Gasteiger partial charge in [-0.1, -0.05) is 20.8 Å². The lowest BCUT2D eigenvalue weighted by Gasteiger charge is -2.38. The average Bonchev–Trinajstić information content (AvgIpc) is 2.38. The van der Waals surface area contributed by atoms with Gasteiger partial charge in [-0.25, -0.2) is 0 Å². The molecule has 2 N–H and O–H groups in total. The summed E-state index contributed by atoms with van der Waals surface area (Å²) in [5.74, 6) is 0.431. The highest BCUT2D eigenvalue weighted by molar-refractivity contribution is 5.79. The molecule has 4 atom stereocenters. The zero-order valence-corrected chi connectivity index (χ0v) is 13.4. The van der Waals surface area contributed by atoms with Crippen molar-refractivity contribution in [1.29, 1.82) is 0 Å². The van der Waals surface area contributed by atoms with E-state index in [1.807, 2.05) is 0 Å². The minimum atomic E-state index is 0.146.